The number of rotatable bonds is 14. The fraction of sp³-hybridized carbons (Fsp3) is 0.250. The van der Waals surface area contributed by atoms with Crippen molar-refractivity contribution in [3.05, 3.63) is 199 Å². The molecule has 0 aliphatic heterocycles. The Labute approximate surface area is 377 Å². The van der Waals surface area contributed by atoms with E-state index in [1.54, 1.807) is 27.7 Å². The van der Waals surface area contributed by atoms with Gasteiger partial charge in [0.15, 0.2) is 0 Å². The molecular weight excluding hydrogens is 801 g/mol. The lowest BCUT2D eigenvalue weighted by Gasteiger charge is -2.25. The highest BCUT2D eigenvalue weighted by Crippen LogP contribution is 2.42. The number of carbonyl (C=O) groups excluding carboxylic acids is 4. The molecule has 330 valence electrons. The standard InChI is InChI=1S/C56H58O8/c1-29(2)53(57)61-49-33(9)21-43(22-34(49)10)47(44-23-35(11)50(36(12)24-44)62-54(58)30(3)4)41-17-19-42(20-18-41)48(45-25-37(13)51(38(14)26-45)63-55(59)31(5)6)46-27-39(15)52(40(16)28-46)64-56(60)32(7)8/h17-28,47-48H,1,3,5,7H2,2,4,6,8-16H3. The Kier molecular flexibility index (Phi) is 14.7. The number of benzene rings is 5. The Balaban J connectivity index is 1.72. The van der Waals surface area contributed by atoms with Crippen molar-refractivity contribution in [2.75, 3.05) is 0 Å². The summed E-state index contributed by atoms with van der Waals surface area (Å²) in [5.74, 6) is -0.615. The van der Waals surface area contributed by atoms with E-state index in [0.717, 1.165) is 77.9 Å². The highest BCUT2D eigenvalue weighted by atomic mass is 16.5. The van der Waals surface area contributed by atoms with Gasteiger partial charge >= 0.3 is 23.9 Å². The molecule has 0 spiro atoms. The number of hydrogen-bond donors (Lipinski definition) is 0. The molecule has 0 N–H and O–H groups in total. The summed E-state index contributed by atoms with van der Waals surface area (Å²) in [6.07, 6.45) is 0. The van der Waals surface area contributed by atoms with E-state index in [0.29, 0.717) is 45.3 Å². The topological polar surface area (TPSA) is 105 Å². The van der Waals surface area contributed by atoms with Crippen LogP contribution in [0.1, 0.15) is 117 Å². The first kappa shape index (κ1) is 48.0. The van der Waals surface area contributed by atoms with Gasteiger partial charge in [-0.15, -0.1) is 0 Å². The van der Waals surface area contributed by atoms with Gasteiger partial charge in [0.1, 0.15) is 23.0 Å². The van der Waals surface area contributed by atoms with E-state index >= 15 is 0 Å². The van der Waals surface area contributed by atoms with Crippen LogP contribution in [-0.4, -0.2) is 23.9 Å². The van der Waals surface area contributed by atoms with Crippen LogP contribution in [0.25, 0.3) is 0 Å². The van der Waals surface area contributed by atoms with Crippen LogP contribution in [0.2, 0.25) is 0 Å². The van der Waals surface area contributed by atoms with Crippen LogP contribution >= 0.6 is 0 Å². The van der Waals surface area contributed by atoms with Gasteiger partial charge in [0.2, 0.25) is 0 Å². The fourth-order valence-corrected chi connectivity index (χ4v) is 8.00. The monoisotopic (exact) mass is 858 g/mol. The first-order valence-electron chi connectivity index (χ1n) is 21.0. The minimum atomic E-state index is -0.493. The maximum absolute atomic E-state index is 12.6. The smallest absolute Gasteiger partial charge is 0.338 e. The first-order chi connectivity index (χ1) is 30.0. The van der Waals surface area contributed by atoms with Gasteiger partial charge in [0.25, 0.3) is 0 Å². The Morgan fingerprint density at radius 3 is 0.625 bits per heavy atom. The molecule has 64 heavy (non-hydrogen) atoms. The van der Waals surface area contributed by atoms with Crippen LogP contribution in [-0.2, 0) is 19.2 Å². The number of carbonyl (C=O) groups is 4. The zero-order chi connectivity index (χ0) is 47.5. The van der Waals surface area contributed by atoms with Gasteiger partial charge < -0.3 is 18.9 Å². The molecule has 0 amide bonds. The highest BCUT2D eigenvalue weighted by Gasteiger charge is 2.26. The average Bonchev–Trinajstić information content (AvgIpc) is 3.20. The summed E-state index contributed by atoms with van der Waals surface area (Å²) in [7, 11) is 0. The highest BCUT2D eigenvalue weighted by molar-refractivity contribution is 5.91. The zero-order valence-electron chi connectivity index (χ0n) is 39.2. The maximum Gasteiger partial charge on any atom is 0.338 e. The van der Waals surface area contributed by atoms with Crippen LogP contribution in [0.4, 0.5) is 0 Å². The molecule has 0 fully saturated rings. The van der Waals surface area contributed by atoms with E-state index in [-0.39, 0.29) is 11.8 Å². The van der Waals surface area contributed by atoms with E-state index in [9.17, 15) is 19.2 Å². The van der Waals surface area contributed by atoms with E-state index in [1.165, 1.54) is 0 Å². The van der Waals surface area contributed by atoms with Crippen molar-refractivity contribution >= 4 is 23.9 Å². The van der Waals surface area contributed by atoms with Gasteiger partial charge in [-0.2, -0.15) is 0 Å². The molecule has 0 aromatic heterocycles. The summed E-state index contributed by atoms with van der Waals surface area (Å²) in [4.78, 5) is 50.5. The molecule has 0 bridgehead atoms. The summed E-state index contributed by atoms with van der Waals surface area (Å²) in [5.41, 5.74) is 13.4. The molecule has 0 saturated carbocycles. The predicted octanol–water partition coefficient (Wildman–Crippen LogP) is 12.4. The van der Waals surface area contributed by atoms with Crippen molar-refractivity contribution in [3.63, 3.8) is 0 Å². The second-order valence-electron chi connectivity index (χ2n) is 17.1. The van der Waals surface area contributed by atoms with Gasteiger partial charge in [-0.05, 0) is 161 Å². The number of ether oxygens (including phenoxy) is 4. The van der Waals surface area contributed by atoms with Crippen LogP contribution in [0.3, 0.4) is 0 Å². The molecule has 0 unspecified atom stereocenters. The number of hydrogen-bond acceptors (Lipinski definition) is 8. The quantitative estimate of drug-likeness (QED) is 0.0470. The van der Waals surface area contributed by atoms with Gasteiger partial charge in [0, 0.05) is 34.1 Å². The Morgan fingerprint density at radius 1 is 0.328 bits per heavy atom. The lowest BCUT2D eigenvalue weighted by atomic mass is 9.79. The summed E-state index contributed by atoms with van der Waals surface area (Å²) < 4.78 is 23.1. The predicted molar refractivity (Wildman–Crippen MR) is 254 cm³/mol. The molecule has 8 heteroatoms. The lowest BCUT2D eigenvalue weighted by Crippen LogP contribution is -2.13. The lowest BCUT2D eigenvalue weighted by molar-refractivity contribution is -0.131. The molecule has 0 aliphatic carbocycles. The summed E-state index contributed by atoms with van der Waals surface area (Å²) in [6.45, 7) is 36.8. The van der Waals surface area contributed by atoms with Crippen LogP contribution in [0.15, 0.2) is 121 Å². The van der Waals surface area contributed by atoms with E-state index in [4.69, 9.17) is 18.9 Å². The van der Waals surface area contributed by atoms with Crippen molar-refractivity contribution in [1.82, 2.24) is 0 Å². The number of esters is 4. The van der Waals surface area contributed by atoms with Gasteiger partial charge in [0.05, 0.1) is 0 Å². The molecule has 0 radical (unpaired) electrons. The molecular formula is C56H58O8. The van der Waals surface area contributed by atoms with Crippen LogP contribution in [0.5, 0.6) is 23.0 Å². The Morgan fingerprint density at radius 2 is 0.484 bits per heavy atom. The Hall–Kier alpha value is -7.06. The Bertz CT molecular complexity index is 2330. The minimum absolute atomic E-state index is 0.294. The summed E-state index contributed by atoms with van der Waals surface area (Å²) in [5, 5.41) is 0. The third kappa shape index (κ3) is 10.6. The number of aryl methyl sites for hydroxylation is 8. The van der Waals surface area contributed by atoms with Crippen molar-refractivity contribution in [2.45, 2.75) is 94.9 Å². The molecule has 8 nitrogen and oxygen atoms in total. The molecule has 5 rings (SSSR count). The molecule has 0 aliphatic rings. The SMILES string of the molecule is C=C(C)C(=O)Oc1c(C)cc(C(c2ccc(C(c3cc(C)c(OC(=O)C(=C)C)c(C)c3)c3cc(C)c(OC(=O)C(=C)C)c(C)c3)cc2)c2cc(C)c(OC(=O)C(=C)C)c(C)c2)cc1C. The second kappa shape index (κ2) is 19.5. The summed E-state index contributed by atoms with van der Waals surface area (Å²) in [6, 6.07) is 24.8. The van der Waals surface area contributed by atoms with Crippen molar-refractivity contribution in [3.8, 4) is 23.0 Å². The molecule has 5 aromatic carbocycles. The van der Waals surface area contributed by atoms with Gasteiger partial charge in [-0.1, -0.05) is 99.1 Å². The van der Waals surface area contributed by atoms with Crippen molar-refractivity contribution < 1.29 is 38.1 Å². The fourth-order valence-electron chi connectivity index (χ4n) is 8.00. The van der Waals surface area contributed by atoms with Crippen molar-refractivity contribution in [1.29, 1.82) is 0 Å². The van der Waals surface area contributed by atoms with Crippen LogP contribution < -0.4 is 18.9 Å². The minimum Gasteiger partial charge on any atom is -0.423 e. The maximum atomic E-state index is 12.6. The largest absolute Gasteiger partial charge is 0.423 e. The third-order valence-corrected chi connectivity index (χ3v) is 11.0. The van der Waals surface area contributed by atoms with Gasteiger partial charge in [-0.3, -0.25) is 0 Å². The molecule has 0 atom stereocenters. The molecule has 0 saturated heterocycles. The third-order valence-electron chi connectivity index (χ3n) is 11.0. The van der Waals surface area contributed by atoms with Crippen molar-refractivity contribution in [2.24, 2.45) is 0 Å². The average molecular weight is 859 g/mol. The van der Waals surface area contributed by atoms with E-state index < -0.39 is 23.9 Å². The normalized spacial score (nSPS) is 11.0. The zero-order valence-corrected chi connectivity index (χ0v) is 39.2. The van der Waals surface area contributed by atoms with Crippen LogP contribution in [0, 0.1) is 55.4 Å². The van der Waals surface area contributed by atoms with Gasteiger partial charge in [-0.25, -0.2) is 19.2 Å². The second-order valence-corrected chi connectivity index (χ2v) is 17.1. The summed E-state index contributed by atoms with van der Waals surface area (Å²) >= 11 is 0. The molecule has 5 aromatic rings. The van der Waals surface area contributed by atoms with E-state index in [1.807, 2.05) is 104 Å². The first-order valence-corrected chi connectivity index (χ1v) is 21.0. The van der Waals surface area contributed by atoms with E-state index in [2.05, 4.69) is 50.6 Å². The molecule has 0 heterocycles.